The lowest BCUT2D eigenvalue weighted by Gasteiger charge is -2.33. The number of carbonyl (C=O) groups is 1. The van der Waals surface area contributed by atoms with Crippen LogP contribution in [0.4, 0.5) is 0 Å². The number of likely N-dealkylation sites (tertiary alicyclic amines) is 1. The Balaban J connectivity index is 1.45. The zero-order valence-corrected chi connectivity index (χ0v) is 17.3. The largest absolute Gasteiger partial charge is 0.342 e. The van der Waals surface area contributed by atoms with Gasteiger partial charge in [0.25, 0.3) is 0 Å². The highest BCUT2D eigenvalue weighted by molar-refractivity contribution is 5.79. The fourth-order valence-electron chi connectivity index (χ4n) is 4.62. The Morgan fingerprint density at radius 3 is 2.32 bits per heavy atom. The molecule has 28 heavy (non-hydrogen) atoms. The third-order valence-electron chi connectivity index (χ3n) is 5.84. The number of carbonyl (C=O) groups excluding carboxylic acids is 1. The van der Waals surface area contributed by atoms with Crippen molar-refractivity contribution in [1.29, 1.82) is 0 Å². The van der Waals surface area contributed by atoms with E-state index in [9.17, 15) is 4.79 Å². The van der Waals surface area contributed by atoms with Gasteiger partial charge in [-0.25, -0.2) is 4.98 Å². The lowest BCUT2D eigenvalue weighted by Crippen LogP contribution is -2.40. The van der Waals surface area contributed by atoms with Crippen molar-refractivity contribution in [3.05, 3.63) is 64.5 Å². The number of amides is 1. The highest BCUT2D eigenvalue weighted by atomic mass is 16.2. The first kappa shape index (κ1) is 18.7. The van der Waals surface area contributed by atoms with Crippen molar-refractivity contribution in [3.63, 3.8) is 0 Å². The summed E-state index contributed by atoms with van der Waals surface area (Å²) in [5.74, 6) is 1.31. The van der Waals surface area contributed by atoms with Crippen molar-refractivity contribution < 1.29 is 4.79 Å². The first-order valence-corrected chi connectivity index (χ1v) is 10.2. The van der Waals surface area contributed by atoms with Crippen LogP contribution in [0.5, 0.6) is 0 Å². The van der Waals surface area contributed by atoms with Crippen LogP contribution in [0.1, 0.15) is 47.0 Å². The molecule has 0 unspecified atom stereocenters. The number of aryl methyl sites for hydroxylation is 4. The van der Waals surface area contributed by atoms with Crippen LogP contribution in [-0.4, -0.2) is 33.4 Å². The van der Waals surface area contributed by atoms with Gasteiger partial charge in [0.1, 0.15) is 5.82 Å². The number of aromatic nitrogens is 2. The van der Waals surface area contributed by atoms with Gasteiger partial charge in [0.2, 0.25) is 5.91 Å². The molecule has 3 aromatic rings. The summed E-state index contributed by atoms with van der Waals surface area (Å²) in [6.07, 6.45) is 2.47. The Labute approximate surface area is 167 Å². The van der Waals surface area contributed by atoms with Crippen LogP contribution >= 0.6 is 0 Å². The fraction of sp³-hybridized carbons (Fsp3) is 0.417. The molecule has 0 atom stereocenters. The molecule has 1 saturated heterocycles. The average molecular weight is 376 g/mol. The summed E-state index contributed by atoms with van der Waals surface area (Å²) >= 11 is 0. The van der Waals surface area contributed by atoms with E-state index in [4.69, 9.17) is 4.98 Å². The van der Waals surface area contributed by atoms with Gasteiger partial charge < -0.3 is 9.47 Å². The predicted molar refractivity (Wildman–Crippen MR) is 114 cm³/mol. The minimum atomic E-state index is 0.242. The van der Waals surface area contributed by atoms with Gasteiger partial charge in [0.15, 0.2) is 0 Å². The topological polar surface area (TPSA) is 38.1 Å². The van der Waals surface area contributed by atoms with Gasteiger partial charge >= 0.3 is 0 Å². The maximum absolute atomic E-state index is 12.8. The third kappa shape index (κ3) is 3.68. The molecule has 2 aromatic carbocycles. The van der Waals surface area contributed by atoms with Gasteiger partial charge in [0, 0.05) is 19.1 Å². The third-order valence-corrected chi connectivity index (χ3v) is 5.84. The second-order valence-corrected chi connectivity index (χ2v) is 8.31. The molecular formula is C24H29N3O. The van der Waals surface area contributed by atoms with E-state index in [1.54, 1.807) is 0 Å². The molecule has 0 bridgehead atoms. The summed E-state index contributed by atoms with van der Waals surface area (Å²) in [6, 6.07) is 13.3. The summed E-state index contributed by atoms with van der Waals surface area (Å²) < 4.78 is 2.38. The molecule has 0 spiro atoms. The number of rotatable bonds is 3. The van der Waals surface area contributed by atoms with E-state index in [2.05, 4.69) is 68.7 Å². The van der Waals surface area contributed by atoms with E-state index in [0.29, 0.717) is 12.5 Å². The van der Waals surface area contributed by atoms with Crippen LogP contribution in [0.25, 0.3) is 11.0 Å². The summed E-state index contributed by atoms with van der Waals surface area (Å²) in [7, 11) is 0. The monoisotopic (exact) mass is 375 g/mol. The molecule has 4 heteroatoms. The van der Waals surface area contributed by atoms with E-state index in [1.165, 1.54) is 22.2 Å². The van der Waals surface area contributed by atoms with Crippen LogP contribution in [0.2, 0.25) is 0 Å². The molecule has 1 fully saturated rings. The molecule has 1 aliphatic rings. The minimum absolute atomic E-state index is 0.242. The molecule has 4 nitrogen and oxygen atoms in total. The summed E-state index contributed by atoms with van der Waals surface area (Å²) in [6.45, 7) is 10.0. The van der Waals surface area contributed by atoms with Crippen LogP contribution in [0.3, 0.4) is 0 Å². The van der Waals surface area contributed by atoms with Crippen molar-refractivity contribution >= 4 is 16.9 Å². The number of piperidine rings is 1. The SMILES string of the molecule is Cc1cc(C)cc(CC(=O)N2CCC(n3c(C)nc4ccc(C)cc43)CC2)c1. The van der Waals surface area contributed by atoms with Crippen molar-refractivity contribution in [2.24, 2.45) is 0 Å². The number of fused-ring (bicyclic) bond motifs is 1. The van der Waals surface area contributed by atoms with E-state index in [0.717, 1.165) is 42.8 Å². The van der Waals surface area contributed by atoms with Crippen molar-refractivity contribution in [2.75, 3.05) is 13.1 Å². The number of imidazole rings is 1. The molecule has 1 aliphatic heterocycles. The molecule has 1 aromatic heterocycles. The lowest BCUT2D eigenvalue weighted by atomic mass is 10.0. The van der Waals surface area contributed by atoms with Gasteiger partial charge in [-0.15, -0.1) is 0 Å². The van der Waals surface area contributed by atoms with E-state index >= 15 is 0 Å². The molecule has 2 heterocycles. The smallest absolute Gasteiger partial charge is 0.226 e. The van der Waals surface area contributed by atoms with E-state index in [-0.39, 0.29) is 5.91 Å². The van der Waals surface area contributed by atoms with Gasteiger partial charge in [-0.1, -0.05) is 35.4 Å². The highest BCUT2D eigenvalue weighted by Gasteiger charge is 2.26. The Kier molecular flexibility index (Phi) is 4.96. The number of hydrogen-bond donors (Lipinski definition) is 0. The Bertz CT molecular complexity index is 1010. The highest BCUT2D eigenvalue weighted by Crippen LogP contribution is 2.29. The summed E-state index contributed by atoms with van der Waals surface area (Å²) in [5, 5.41) is 0. The zero-order valence-electron chi connectivity index (χ0n) is 17.3. The maximum atomic E-state index is 12.8. The standard InChI is InChI=1S/C24H29N3O/c1-16-5-6-22-23(14-16)27(19(4)25-22)21-7-9-26(10-8-21)24(28)15-20-12-17(2)11-18(3)13-20/h5-6,11-14,21H,7-10,15H2,1-4H3. The lowest BCUT2D eigenvalue weighted by molar-refractivity contribution is -0.131. The second kappa shape index (κ2) is 7.42. The van der Waals surface area contributed by atoms with E-state index < -0.39 is 0 Å². The molecule has 0 saturated carbocycles. The quantitative estimate of drug-likeness (QED) is 0.667. The molecule has 0 N–H and O–H groups in total. The second-order valence-electron chi connectivity index (χ2n) is 8.31. The Morgan fingerprint density at radius 1 is 0.964 bits per heavy atom. The molecule has 146 valence electrons. The zero-order chi connectivity index (χ0) is 19.8. The number of benzene rings is 2. The molecule has 0 aliphatic carbocycles. The Hall–Kier alpha value is -2.62. The normalized spacial score (nSPS) is 15.4. The van der Waals surface area contributed by atoms with Crippen molar-refractivity contribution in [3.8, 4) is 0 Å². The van der Waals surface area contributed by atoms with Crippen LogP contribution in [0.15, 0.2) is 36.4 Å². The first-order chi connectivity index (χ1) is 13.4. The predicted octanol–water partition coefficient (Wildman–Crippen LogP) is 4.68. The Morgan fingerprint density at radius 2 is 1.64 bits per heavy atom. The van der Waals surface area contributed by atoms with Crippen LogP contribution in [0, 0.1) is 27.7 Å². The fourth-order valence-corrected chi connectivity index (χ4v) is 4.62. The molecule has 1 amide bonds. The minimum Gasteiger partial charge on any atom is -0.342 e. The number of nitrogens with zero attached hydrogens (tertiary/aromatic N) is 3. The van der Waals surface area contributed by atoms with Crippen LogP contribution < -0.4 is 0 Å². The van der Waals surface area contributed by atoms with Crippen LogP contribution in [-0.2, 0) is 11.2 Å². The van der Waals surface area contributed by atoms with Gasteiger partial charge in [-0.3, -0.25) is 4.79 Å². The molecular weight excluding hydrogens is 346 g/mol. The van der Waals surface area contributed by atoms with Gasteiger partial charge in [-0.2, -0.15) is 0 Å². The van der Waals surface area contributed by atoms with Gasteiger partial charge in [0.05, 0.1) is 17.5 Å². The maximum Gasteiger partial charge on any atom is 0.226 e. The van der Waals surface area contributed by atoms with Gasteiger partial charge in [-0.05, 0) is 63.8 Å². The number of hydrogen-bond acceptors (Lipinski definition) is 2. The molecule has 0 radical (unpaired) electrons. The molecule has 4 rings (SSSR count). The van der Waals surface area contributed by atoms with Crippen molar-refractivity contribution in [2.45, 2.75) is 53.0 Å². The summed E-state index contributed by atoms with van der Waals surface area (Å²) in [5.41, 5.74) is 7.11. The summed E-state index contributed by atoms with van der Waals surface area (Å²) in [4.78, 5) is 19.6. The van der Waals surface area contributed by atoms with Crippen molar-refractivity contribution in [1.82, 2.24) is 14.5 Å². The first-order valence-electron chi connectivity index (χ1n) is 10.2. The van der Waals surface area contributed by atoms with E-state index in [1.807, 2.05) is 4.90 Å². The average Bonchev–Trinajstić information content (AvgIpc) is 2.96.